The van der Waals surface area contributed by atoms with Crippen LogP contribution in [0, 0.1) is 17.2 Å². The van der Waals surface area contributed by atoms with Crippen LogP contribution in [0.2, 0.25) is 0 Å². The van der Waals surface area contributed by atoms with Crippen LogP contribution in [0.1, 0.15) is 43.2 Å². The standard InChI is InChI=1S/C17H21N3O/c1-20-15-9-13(11-18)5-6-14(15)10-16(20)17(21)19-8-7-12-3-2-4-12/h5-6,9-10,12,17,19,21H,2-4,7-8H2,1H3. The number of nitrogens with zero attached hydrogens (tertiary/aromatic N) is 2. The van der Waals surface area contributed by atoms with E-state index in [1.54, 1.807) is 0 Å². The molecule has 2 N–H and O–H groups in total. The first-order chi connectivity index (χ1) is 10.2. The molecule has 1 aromatic heterocycles. The number of fused-ring (bicyclic) bond motifs is 1. The van der Waals surface area contributed by atoms with Crippen molar-refractivity contribution in [2.45, 2.75) is 31.9 Å². The van der Waals surface area contributed by atoms with Crippen LogP contribution in [0.15, 0.2) is 24.3 Å². The highest BCUT2D eigenvalue weighted by molar-refractivity contribution is 5.82. The monoisotopic (exact) mass is 283 g/mol. The highest BCUT2D eigenvalue weighted by Gasteiger charge is 2.18. The molecule has 1 aliphatic rings. The third-order valence-corrected chi connectivity index (χ3v) is 4.61. The number of aliphatic hydroxyl groups excluding tert-OH is 1. The lowest BCUT2D eigenvalue weighted by atomic mass is 9.83. The van der Waals surface area contributed by atoms with Gasteiger partial charge in [0.25, 0.3) is 0 Å². The van der Waals surface area contributed by atoms with E-state index in [0.717, 1.165) is 35.5 Å². The zero-order chi connectivity index (χ0) is 14.8. The van der Waals surface area contributed by atoms with Crippen molar-refractivity contribution in [2.24, 2.45) is 13.0 Å². The molecule has 0 saturated heterocycles. The normalized spacial score (nSPS) is 16.6. The largest absolute Gasteiger partial charge is 0.373 e. The Morgan fingerprint density at radius 1 is 1.43 bits per heavy atom. The van der Waals surface area contributed by atoms with Crippen LogP contribution in [0.4, 0.5) is 0 Å². The van der Waals surface area contributed by atoms with E-state index in [4.69, 9.17) is 5.26 Å². The first-order valence-electron chi connectivity index (χ1n) is 7.60. The maximum atomic E-state index is 10.3. The molecule has 1 atom stereocenters. The van der Waals surface area contributed by atoms with Gasteiger partial charge in [0.05, 0.1) is 17.3 Å². The zero-order valence-electron chi connectivity index (χ0n) is 12.3. The number of aromatic nitrogens is 1. The van der Waals surface area contributed by atoms with Crippen molar-refractivity contribution >= 4 is 10.9 Å². The fourth-order valence-corrected chi connectivity index (χ4v) is 2.99. The SMILES string of the molecule is Cn1c(C(O)NCCC2CCC2)cc2ccc(C#N)cc21. The van der Waals surface area contributed by atoms with Gasteiger partial charge in [0, 0.05) is 18.0 Å². The van der Waals surface area contributed by atoms with Crippen molar-refractivity contribution in [1.82, 2.24) is 9.88 Å². The van der Waals surface area contributed by atoms with Crippen LogP contribution in [0.3, 0.4) is 0 Å². The summed E-state index contributed by atoms with van der Waals surface area (Å²) in [6.45, 7) is 0.844. The average molecular weight is 283 g/mol. The molecule has 0 spiro atoms. The minimum atomic E-state index is -0.659. The lowest BCUT2D eigenvalue weighted by molar-refractivity contribution is 0.126. The molecule has 1 aromatic carbocycles. The molecule has 21 heavy (non-hydrogen) atoms. The average Bonchev–Trinajstić information content (AvgIpc) is 2.78. The van der Waals surface area contributed by atoms with E-state index in [9.17, 15) is 5.11 Å². The number of nitrogens with one attached hydrogen (secondary N) is 1. The van der Waals surface area contributed by atoms with Crippen LogP contribution in [0.25, 0.3) is 10.9 Å². The number of aryl methyl sites for hydroxylation is 1. The summed E-state index contributed by atoms with van der Waals surface area (Å²) in [4.78, 5) is 0. The van der Waals surface area contributed by atoms with E-state index in [1.807, 2.05) is 35.9 Å². The van der Waals surface area contributed by atoms with Gasteiger partial charge < -0.3 is 9.67 Å². The second-order valence-corrected chi connectivity index (χ2v) is 5.96. The molecule has 1 heterocycles. The number of aliphatic hydroxyl groups is 1. The fourth-order valence-electron chi connectivity index (χ4n) is 2.99. The van der Waals surface area contributed by atoms with E-state index in [-0.39, 0.29) is 0 Å². The van der Waals surface area contributed by atoms with Crippen LogP contribution < -0.4 is 5.32 Å². The number of benzene rings is 1. The minimum Gasteiger partial charge on any atom is -0.373 e. The Labute approximate surface area is 125 Å². The molecule has 2 aromatic rings. The molecule has 4 heteroatoms. The van der Waals surface area contributed by atoms with Gasteiger partial charge in [-0.3, -0.25) is 5.32 Å². The topological polar surface area (TPSA) is 61.0 Å². The van der Waals surface area contributed by atoms with Gasteiger partial charge in [0.1, 0.15) is 6.23 Å². The fraction of sp³-hybridized carbons (Fsp3) is 0.471. The summed E-state index contributed by atoms with van der Waals surface area (Å²) < 4.78 is 1.96. The molecule has 0 bridgehead atoms. The van der Waals surface area contributed by atoms with E-state index < -0.39 is 6.23 Å². The lowest BCUT2D eigenvalue weighted by Gasteiger charge is -2.25. The van der Waals surface area contributed by atoms with Gasteiger partial charge in [-0.1, -0.05) is 25.3 Å². The van der Waals surface area contributed by atoms with Crippen LogP contribution in [-0.2, 0) is 7.05 Å². The van der Waals surface area contributed by atoms with Crippen molar-refractivity contribution in [2.75, 3.05) is 6.54 Å². The highest BCUT2D eigenvalue weighted by atomic mass is 16.3. The van der Waals surface area contributed by atoms with Gasteiger partial charge in [-0.05, 0) is 37.1 Å². The Morgan fingerprint density at radius 3 is 2.90 bits per heavy atom. The maximum absolute atomic E-state index is 10.3. The molecule has 0 aliphatic heterocycles. The summed E-state index contributed by atoms with van der Waals surface area (Å²) in [5.41, 5.74) is 2.46. The van der Waals surface area contributed by atoms with E-state index in [0.29, 0.717) is 5.56 Å². The molecule has 1 fully saturated rings. The first kappa shape index (κ1) is 14.1. The first-order valence-corrected chi connectivity index (χ1v) is 7.60. The van der Waals surface area contributed by atoms with Crippen molar-refractivity contribution in [3.05, 3.63) is 35.5 Å². The molecule has 0 radical (unpaired) electrons. The second-order valence-electron chi connectivity index (χ2n) is 5.96. The molecule has 1 aliphatic carbocycles. The quantitative estimate of drug-likeness (QED) is 0.829. The summed E-state index contributed by atoms with van der Waals surface area (Å²) in [6.07, 6.45) is 4.51. The Hall–Kier alpha value is -1.83. The van der Waals surface area contributed by atoms with Crippen molar-refractivity contribution < 1.29 is 5.11 Å². The predicted molar refractivity (Wildman–Crippen MR) is 82.6 cm³/mol. The van der Waals surface area contributed by atoms with Gasteiger partial charge in [0.15, 0.2) is 0 Å². The molecular formula is C17H21N3O. The van der Waals surface area contributed by atoms with E-state index >= 15 is 0 Å². The van der Waals surface area contributed by atoms with Crippen LogP contribution in [-0.4, -0.2) is 16.2 Å². The van der Waals surface area contributed by atoms with Crippen LogP contribution in [0.5, 0.6) is 0 Å². The molecule has 3 rings (SSSR count). The summed E-state index contributed by atoms with van der Waals surface area (Å²) in [5, 5.41) is 23.6. The third kappa shape index (κ3) is 2.80. The number of rotatable bonds is 5. The Kier molecular flexibility index (Phi) is 3.96. The Balaban J connectivity index is 1.73. The number of hydrogen-bond acceptors (Lipinski definition) is 3. The highest BCUT2D eigenvalue weighted by Crippen LogP contribution is 2.29. The summed E-state index contributed by atoms with van der Waals surface area (Å²) in [6, 6.07) is 9.73. The van der Waals surface area contributed by atoms with Crippen molar-refractivity contribution in [3.8, 4) is 6.07 Å². The third-order valence-electron chi connectivity index (χ3n) is 4.61. The molecule has 0 amide bonds. The zero-order valence-corrected chi connectivity index (χ0v) is 12.3. The van der Waals surface area contributed by atoms with E-state index in [1.165, 1.54) is 19.3 Å². The predicted octanol–water partition coefficient (Wildman–Crippen LogP) is 2.82. The molecular weight excluding hydrogens is 262 g/mol. The van der Waals surface area contributed by atoms with Gasteiger partial charge in [-0.25, -0.2) is 0 Å². The second kappa shape index (κ2) is 5.88. The summed E-state index contributed by atoms with van der Waals surface area (Å²) in [5.74, 6) is 0.843. The smallest absolute Gasteiger partial charge is 0.146 e. The Bertz CT molecular complexity index is 679. The number of hydrogen-bond donors (Lipinski definition) is 2. The molecule has 1 unspecified atom stereocenters. The van der Waals surface area contributed by atoms with Gasteiger partial charge in [-0.15, -0.1) is 0 Å². The van der Waals surface area contributed by atoms with Crippen molar-refractivity contribution in [1.29, 1.82) is 5.26 Å². The summed E-state index contributed by atoms with van der Waals surface area (Å²) in [7, 11) is 1.93. The molecule has 4 nitrogen and oxygen atoms in total. The minimum absolute atomic E-state index is 0.641. The van der Waals surface area contributed by atoms with Gasteiger partial charge >= 0.3 is 0 Å². The Morgan fingerprint density at radius 2 is 2.24 bits per heavy atom. The van der Waals surface area contributed by atoms with Gasteiger partial charge in [-0.2, -0.15) is 5.26 Å². The van der Waals surface area contributed by atoms with E-state index in [2.05, 4.69) is 11.4 Å². The van der Waals surface area contributed by atoms with Gasteiger partial charge in [0.2, 0.25) is 0 Å². The lowest BCUT2D eigenvalue weighted by Crippen LogP contribution is -2.26. The maximum Gasteiger partial charge on any atom is 0.146 e. The van der Waals surface area contributed by atoms with Crippen molar-refractivity contribution in [3.63, 3.8) is 0 Å². The van der Waals surface area contributed by atoms with Crippen LogP contribution >= 0.6 is 0 Å². The summed E-state index contributed by atoms with van der Waals surface area (Å²) >= 11 is 0. The number of nitriles is 1. The molecule has 1 saturated carbocycles. The molecule has 110 valence electrons.